The molecule has 0 amide bonds. The lowest BCUT2D eigenvalue weighted by Crippen LogP contribution is -1.95. The molecule has 0 saturated carbocycles. The Balaban J connectivity index is 2.91. The Hall–Kier alpha value is -1.45. The van der Waals surface area contributed by atoms with Crippen LogP contribution < -0.4 is 0 Å². The Morgan fingerprint density at radius 1 is 1.58 bits per heavy atom. The predicted octanol–water partition coefficient (Wildman–Crippen LogP) is 1.21. The maximum atomic E-state index is 11.1. The number of carbonyl (C=O) groups is 2. The van der Waals surface area contributed by atoms with Crippen LogP contribution in [-0.2, 0) is 0 Å². The third kappa shape index (κ3) is 1.58. The Morgan fingerprint density at radius 3 is 2.67 bits per heavy atom. The highest BCUT2D eigenvalue weighted by atomic mass is 16.1. The van der Waals surface area contributed by atoms with Gasteiger partial charge in [0, 0.05) is 13.3 Å². The van der Waals surface area contributed by atoms with Crippen molar-refractivity contribution >= 4 is 11.6 Å². The average molecular weight is 166 g/mol. The molecule has 0 aliphatic rings. The van der Waals surface area contributed by atoms with Crippen molar-refractivity contribution in [3.8, 4) is 0 Å². The van der Waals surface area contributed by atoms with Crippen LogP contribution in [0.3, 0.4) is 0 Å². The van der Waals surface area contributed by atoms with Gasteiger partial charge in [-0.3, -0.25) is 14.7 Å². The van der Waals surface area contributed by atoms with E-state index < -0.39 is 0 Å². The summed E-state index contributed by atoms with van der Waals surface area (Å²) in [5.41, 5.74) is 0.717. The van der Waals surface area contributed by atoms with E-state index in [2.05, 4.69) is 10.2 Å². The molecule has 1 aromatic heterocycles. The molecule has 0 spiro atoms. The summed E-state index contributed by atoms with van der Waals surface area (Å²) in [4.78, 5) is 21.8. The fraction of sp³-hybridized carbons (Fsp3) is 0.375. The summed E-state index contributed by atoms with van der Waals surface area (Å²) < 4.78 is 0. The molecule has 1 N–H and O–H groups in total. The monoisotopic (exact) mass is 166 g/mol. The fourth-order valence-electron chi connectivity index (χ4n) is 0.835. The largest absolute Gasteiger partial charge is 0.293 e. The molecule has 0 aromatic carbocycles. The molecule has 1 rings (SSSR count). The Morgan fingerprint density at radius 2 is 2.25 bits per heavy atom. The molecule has 0 aliphatic heterocycles. The van der Waals surface area contributed by atoms with Gasteiger partial charge >= 0.3 is 0 Å². The molecule has 1 heterocycles. The SMILES string of the molecule is CCC(=O)c1cc(C(C)=O)n[nH]1. The molecule has 4 heteroatoms. The number of aromatic amines is 1. The highest BCUT2D eigenvalue weighted by Gasteiger charge is 2.09. The Bertz CT molecular complexity index is 315. The summed E-state index contributed by atoms with van der Waals surface area (Å²) >= 11 is 0. The number of ketones is 2. The predicted molar refractivity (Wildman–Crippen MR) is 43.2 cm³/mol. The molecule has 0 bridgehead atoms. The van der Waals surface area contributed by atoms with Gasteiger partial charge in [-0.1, -0.05) is 6.92 Å². The molecule has 4 nitrogen and oxygen atoms in total. The lowest BCUT2D eigenvalue weighted by Gasteiger charge is -1.87. The summed E-state index contributed by atoms with van der Waals surface area (Å²) in [7, 11) is 0. The van der Waals surface area contributed by atoms with E-state index in [0.29, 0.717) is 17.8 Å². The lowest BCUT2D eigenvalue weighted by molar-refractivity contribution is 0.0982. The number of Topliss-reactive ketones (excluding diaryl/α,β-unsaturated/α-hetero) is 2. The van der Waals surface area contributed by atoms with Crippen LogP contribution in [0, 0.1) is 0 Å². The second-order valence-corrected chi connectivity index (χ2v) is 2.50. The number of nitrogens with zero attached hydrogens (tertiary/aromatic N) is 1. The first-order valence-electron chi connectivity index (χ1n) is 3.74. The van der Waals surface area contributed by atoms with Gasteiger partial charge in [-0.15, -0.1) is 0 Å². The van der Waals surface area contributed by atoms with E-state index in [0.717, 1.165) is 0 Å². The van der Waals surface area contributed by atoms with Crippen molar-refractivity contribution in [1.82, 2.24) is 10.2 Å². The Kier molecular flexibility index (Phi) is 2.38. The van der Waals surface area contributed by atoms with E-state index in [4.69, 9.17) is 0 Å². The van der Waals surface area contributed by atoms with E-state index in [1.54, 1.807) is 6.92 Å². The van der Waals surface area contributed by atoms with E-state index in [1.165, 1.54) is 13.0 Å². The number of hydrogen-bond donors (Lipinski definition) is 1. The van der Waals surface area contributed by atoms with Crippen molar-refractivity contribution in [1.29, 1.82) is 0 Å². The van der Waals surface area contributed by atoms with E-state index >= 15 is 0 Å². The molecule has 1 aromatic rings. The fourth-order valence-corrected chi connectivity index (χ4v) is 0.835. The Labute approximate surface area is 70.0 Å². The smallest absolute Gasteiger partial charge is 0.180 e. The van der Waals surface area contributed by atoms with Crippen molar-refractivity contribution in [3.63, 3.8) is 0 Å². The van der Waals surface area contributed by atoms with Crippen molar-refractivity contribution in [2.24, 2.45) is 0 Å². The molecule has 0 saturated heterocycles. The number of carbonyl (C=O) groups excluding carboxylic acids is 2. The number of aromatic nitrogens is 2. The number of H-pyrrole nitrogens is 1. The minimum absolute atomic E-state index is 0.0324. The van der Waals surface area contributed by atoms with Gasteiger partial charge in [-0.2, -0.15) is 5.10 Å². The third-order valence-corrected chi connectivity index (χ3v) is 1.56. The summed E-state index contributed by atoms with van der Waals surface area (Å²) in [6, 6.07) is 1.48. The highest BCUT2D eigenvalue weighted by Crippen LogP contribution is 2.02. The van der Waals surface area contributed by atoms with Crippen LogP contribution in [0.5, 0.6) is 0 Å². The second-order valence-electron chi connectivity index (χ2n) is 2.50. The lowest BCUT2D eigenvalue weighted by atomic mass is 10.2. The minimum atomic E-state index is -0.138. The summed E-state index contributed by atoms with van der Waals surface area (Å²) in [6.07, 6.45) is 0.416. The van der Waals surface area contributed by atoms with Crippen molar-refractivity contribution in [2.45, 2.75) is 20.3 Å². The van der Waals surface area contributed by atoms with Crippen LogP contribution in [0.4, 0.5) is 0 Å². The van der Waals surface area contributed by atoms with Crippen LogP contribution in [0.15, 0.2) is 6.07 Å². The number of hydrogen-bond acceptors (Lipinski definition) is 3. The normalized spacial score (nSPS) is 9.83. The van der Waals surface area contributed by atoms with E-state index in [1.807, 2.05) is 0 Å². The molecule has 0 radical (unpaired) electrons. The standard InChI is InChI=1S/C8H10N2O2/c1-3-8(12)7-4-6(5(2)11)9-10-7/h4H,3H2,1-2H3,(H,9,10). The van der Waals surface area contributed by atoms with Gasteiger partial charge in [-0.05, 0) is 6.07 Å². The summed E-state index contributed by atoms with van der Waals surface area (Å²) in [6.45, 7) is 3.17. The topological polar surface area (TPSA) is 62.8 Å². The van der Waals surface area contributed by atoms with Crippen molar-refractivity contribution in [3.05, 3.63) is 17.5 Å². The number of nitrogens with one attached hydrogen (secondary N) is 1. The van der Waals surface area contributed by atoms with Crippen LogP contribution in [0.2, 0.25) is 0 Å². The minimum Gasteiger partial charge on any atom is -0.293 e. The van der Waals surface area contributed by atoms with Gasteiger partial charge < -0.3 is 0 Å². The van der Waals surface area contributed by atoms with Crippen molar-refractivity contribution < 1.29 is 9.59 Å². The maximum Gasteiger partial charge on any atom is 0.180 e. The van der Waals surface area contributed by atoms with Crippen LogP contribution in [0.1, 0.15) is 41.2 Å². The van der Waals surface area contributed by atoms with E-state index in [-0.39, 0.29) is 11.6 Å². The molecule has 0 fully saturated rings. The first-order valence-corrected chi connectivity index (χ1v) is 3.74. The average Bonchev–Trinajstić information content (AvgIpc) is 2.51. The van der Waals surface area contributed by atoms with Gasteiger partial charge in [0.15, 0.2) is 11.6 Å². The molecule has 0 atom stereocenters. The van der Waals surface area contributed by atoms with Crippen molar-refractivity contribution in [2.75, 3.05) is 0 Å². The highest BCUT2D eigenvalue weighted by molar-refractivity contribution is 5.98. The van der Waals surface area contributed by atoms with Crippen LogP contribution >= 0.6 is 0 Å². The second kappa shape index (κ2) is 3.30. The van der Waals surface area contributed by atoms with Crippen LogP contribution in [-0.4, -0.2) is 21.8 Å². The van der Waals surface area contributed by atoms with Gasteiger partial charge in [0.2, 0.25) is 0 Å². The molecule has 0 aliphatic carbocycles. The quantitative estimate of drug-likeness (QED) is 0.686. The molecule has 12 heavy (non-hydrogen) atoms. The molecular formula is C8H10N2O2. The zero-order valence-electron chi connectivity index (χ0n) is 7.05. The summed E-state index contributed by atoms with van der Waals surface area (Å²) in [5, 5.41) is 6.21. The van der Waals surface area contributed by atoms with Gasteiger partial charge in [0.25, 0.3) is 0 Å². The van der Waals surface area contributed by atoms with Gasteiger partial charge in [0.1, 0.15) is 11.4 Å². The van der Waals surface area contributed by atoms with Gasteiger partial charge in [-0.25, -0.2) is 0 Å². The third-order valence-electron chi connectivity index (χ3n) is 1.56. The maximum absolute atomic E-state index is 11.1. The summed E-state index contributed by atoms with van der Waals surface area (Å²) in [5.74, 6) is -0.170. The first kappa shape index (κ1) is 8.64. The van der Waals surface area contributed by atoms with E-state index in [9.17, 15) is 9.59 Å². The zero-order valence-corrected chi connectivity index (χ0v) is 7.05. The first-order chi connectivity index (χ1) is 5.65. The van der Waals surface area contributed by atoms with Crippen LogP contribution in [0.25, 0.3) is 0 Å². The number of rotatable bonds is 3. The molecule has 0 unspecified atom stereocenters. The molecule has 64 valence electrons. The van der Waals surface area contributed by atoms with Gasteiger partial charge in [0.05, 0.1) is 0 Å². The zero-order chi connectivity index (χ0) is 9.14. The molecular weight excluding hydrogens is 156 g/mol.